The lowest BCUT2D eigenvalue weighted by Gasteiger charge is -2.20. The zero-order chi connectivity index (χ0) is 61.3. The second-order valence-electron chi connectivity index (χ2n) is 27.0. The van der Waals surface area contributed by atoms with Gasteiger partial charge in [-0.05, 0) is 57.8 Å². The Bertz CT molecular complexity index is 1330. The van der Waals surface area contributed by atoms with Crippen LogP contribution >= 0.6 is 0 Å². The lowest BCUT2D eigenvalue weighted by molar-refractivity contribution is -0.143. The Kier molecular flexibility index (Phi) is 73.3. The van der Waals surface area contributed by atoms with E-state index in [1.807, 2.05) is 6.08 Å². The van der Waals surface area contributed by atoms with Gasteiger partial charge in [0, 0.05) is 12.8 Å². The molecule has 0 radical (unpaired) electrons. The number of carbonyl (C=O) groups excluding carboxylic acids is 2. The summed E-state index contributed by atoms with van der Waals surface area (Å²) in [4.78, 5) is 24.6. The van der Waals surface area contributed by atoms with E-state index in [4.69, 9.17) is 4.74 Å². The van der Waals surface area contributed by atoms with Crippen molar-refractivity contribution in [1.29, 1.82) is 0 Å². The van der Waals surface area contributed by atoms with Gasteiger partial charge >= 0.3 is 5.97 Å². The highest BCUT2D eigenvalue weighted by Gasteiger charge is 2.18. The summed E-state index contributed by atoms with van der Waals surface area (Å²) in [7, 11) is 0. The predicted molar refractivity (Wildman–Crippen MR) is 375 cm³/mol. The molecule has 0 aliphatic heterocycles. The van der Waals surface area contributed by atoms with Crippen LogP contribution in [0.4, 0.5) is 0 Å². The summed E-state index contributed by atoms with van der Waals surface area (Å²) in [6.07, 6.45) is 95.8. The Hall–Kier alpha value is -1.66. The highest BCUT2D eigenvalue weighted by atomic mass is 16.5. The number of amides is 1. The van der Waals surface area contributed by atoms with Gasteiger partial charge in [0.15, 0.2) is 0 Å². The molecule has 0 aromatic heterocycles. The van der Waals surface area contributed by atoms with Crippen LogP contribution in [0.5, 0.6) is 0 Å². The van der Waals surface area contributed by atoms with E-state index >= 15 is 0 Å². The normalized spacial score (nSPS) is 12.6. The molecular formula is C79H153NO5. The van der Waals surface area contributed by atoms with Gasteiger partial charge in [-0.15, -0.1) is 0 Å². The highest BCUT2D eigenvalue weighted by molar-refractivity contribution is 5.76. The van der Waals surface area contributed by atoms with Crippen LogP contribution in [-0.4, -0.2) is 47.4 Å². The molecule has 6 heteroatoms. The summed E-state index contributed by atoms with van der Waals surface area (Å²) in [5.74, 6) is -0.0377. The topological polar surface area (TPSA) is 95.9 Å². The predicted octanol–water partition coefficient (Wildman–Crippen LogP) is 25.7. The fourth-order valence-corrected chi connectivity index (χ4v) is 12.5. The van der Waals surface area contributed by atoms with Gasteiger partial charge in [0.25, 0.3) is 0 Å². The molecular weight excluding hydrogens is 1040 g/mol. The molecule has 2 atom stereocenters. The maximum absolute atomic E-state index is 12.5. The van der Waals surface area contributed by atoms with Crippen molar-refractivity contribution in [2.24, 2.45) is 0 Å². The van der Waals surface area contributed by atoms with Crippen molar-refractivity contribution < 1.29 is 24.5 Å². The Morgan fingerprint density at radius 1 is 0.318 bits per heavy atom. The molecule has 0 fully saturated rings. The molecule has 6 nitrogen and oxygen atoms in total. The monoisotopic (exact) mass is 1200 g/mol. The molecule has 0 aromatic rings. The largest absolute Gasteiger partial charge is 0.466 e. The van der Waals surface area contributed by atoms with Crippen molar-refractivity contribution in [3.8, 4) is 0 Å². The minimum absolute atomic E-state index is 0.0229. The second-order valence-corrected chi connectivity index (χ2v) is 27.0. The van der Waals surface area contributed by atoms with Crippen LogP contribution in [0.2, 0.25) is 0 Å². The summed E-state index contributed by atoms with van der Waals surface area (Å²) in [5, 5.41) is 23.3. The third-order valence-electron chi connectivity index (χ3n) is 18.5. The van der Waals surface area contributed by atoms with E-state index in [0.717, 1.165) is 38.5 Å². The fraction of sp³-hybridized carbons (Fsp3) is 0.924. The summed E-state index contributed by atoms with van der Waals surface area (Å²) in [5.41, 5.74) is 0. The number of aliphatic hydroxyl groups excluding tert-OH is 2. The highest BCUT2D eigenvalue weighted by Crippen LogP contribution is 2.20. The van der Waals surface area contributed by atoms with Crippen LogP contribution in [-0.2, 0) is 14.3 Å². The van der Waals surface area contributed by atoms with E-state index in [-0.39, 0.29) is 18.5 Å². The second kappa shape index (κ2) is 74.8. The number of hydrogen-bond acceptors (Lipinski definition) is 5. The average molecular weight is 1200 g/mol. The molecule has 2 unspecified atom stereocenters. The molecule has 0 aliphatic rings. The molecule has 0 rings (SSSR count). The Labute approximate surface area is 532 Å². The van der Waals surface area contributed by atoms with Gasteiger partial charge in [0.2, 0.25) is 5.91 Å². The molecule has 1 amide bonds. The molecule has 0 heterocycles. The summed E-state index contributed by atoms with van der Waals surface area (Å²) < 4.78 is 5.51. The summed E-state index contributed by atoms with van der Waals surface area (Å²) in [6, 6.07) is -0.626. The Morgan fingerprint density at radius 2 is 0.553 bits per heavy atom. The van der Waals surface area contributed by atoms with Crippen LogP contribution in [0.3, 0.4) is 0 Å². The van der Waals surface area contributed by atoms with Crippen molar-refractivity contribution in [3.05, 3.63) is 24.3 Å². The van der Waals surface area contributed by atoms with Crippen molar-refractivity contribution in [2.45, 2.75) is 456 Å². The number of aliphatic hydroxyl groups is 2. The number of esters is 1. The van der Waals surface area contributed by atoms with Gasteiger partial charge in [-0.2, -0.15) is 0 Å². The lowest BCUT2D eigenvalue weighted by Crippen LogP contribution is -2.45. The van der Waals surface area contributed by atoms with Gasteiger partial charge in [-0.25, -0.2) is 0 Å². The number of unbranched alkanes of at least 4 members (excludes halogenated alkanes) is 61. The van der Waals surface area contributed by atoms with Crippen LogP contribution in [0.1, 0.15) is 444 Å². The number of carbonyl (C=O) groups is 2. The summed E-state index contributed by atoms with van der Waals surface area (Å²) in [6.45, 7) is 4.96. The number of rotatable bonds is 74. The van der Waals surface area contributed by atoms with E-state index in [1.165, 1.54) is 379 Å². The third-order valence-corrected chi connectivity index (χ3v) is 18.5. The Morgan fingerprint density at radius 3 is 0.835 bits per heavy atom. The smallest absolute Gasteiger partial charge is 0.305 e. The van der Waals surface area contributed by atoms with Gasteiger partial charge in [0.1, 0.15) is 0 Å². The first kappa shape index (κ1) is 83.3. The molecule has 0 spiro atoms. The third kappa shape index (κ3) is 71.3. The molecule has 0 bridgehead atoms. The van der Waals surface area contributed by atoms with E-state index in [0.29, 0.717) is 19.4 Å². The molecule has 0 aromatic carbocycles. The first-order valence-corrected chi connectivity index (χ1v) is 39.1. The maximum Gasteiger partial charge on any atom is 0.305 e. The van der Waals surface area contributed by atoms with Crippen molar-refractivity contribution >= 4 is 11.9 Å². The van der Waals surface area contributed by atoms with Crippen LogP contribution in [0.25, 0.3) is 0 Å². The summed E-state index contributed by atoms with van der Waals surface area (Å²) >= 11 is 0. The maximum atomic E-state index is 12.5. The van der Waals surface area contributed by atoms with Crippen LogP contribution in [0.15, 0.2) is 24.3 Å². The van der Waals surface area contributed by atoms with E-state index in [2.05, 4.69) is 31.3 Å². The quantitative estimate of drug-likeness (QED) is 0.0320. The minimum atomic E-state index is -0.843. The number of hydrogen-bond donors (Lipinski definition) is 3. The zero-order valence-electron chi connectivity index (χ0n) is 57.9. The van der Waals surface area contributed by atoms with Crippen LogP contribution in [0, 0.1) is 0 Å². The van der Waals surface area contributed by atoms with Gasteiger partial charge in [-0.3, -0.25) is 9.59 Å². The van der Waals surface area contributed by atoms with Crippen molar-refractivity contribution in [2.75, 3.05) is 13.2 Å². The van der Waals surface area contributed by atoms with Gasteiger partial charge in [-0.1, -0.05) is 398 Å². The van der Waals surface area contributed by atoms with Crippen molar-refractivity contribution in [1.82, 2.24) is 5.32 Å². The molecule has 0 saturated carbocycles. The van der Waals surface area contributed by atoms with E-state index < -0.39 is 12.1 Å². The number of ether oxygens (including phenoxy) is 1. The minimum Gasteiger partial charge on any atom is -0.466 e. The average Bonchev–Trinajstić information content (AvgIpc) is 3.50. The van der Waals surface area contributed by atoms with E-state index in [1.54, 1.807) is 6.08 Å². The number of allylic oxidation sites excluding steroid dienone is 3. The first-order chi connectivity index (χ1) is 42.0. The SMILES string of the molecule is CCCCCCCCCCCCCCCCCCC/C=C/C(O)C(CO)NC(=O)CCCCCCCCCCCCCCCCCCC/C=C\CCCCCCCCCCCCCCOC(=O)CCCCCCCCCCCCCCCCCC. The molecule has 85 heavy (non-hydrogen) atoms. The van der Waals surface area contributed by atoms with Gasteiger partial charge < -0.3 is 20.3 Å². The van der Waals surface area contributed by atoms with E-state index in [9.17, 15) is 19.8 Å². The zero-order valence-corrected chi connectivity index (χ0v) is 57.9. The molecule has 0 saturated heterocycles. The fourth-order valence-electron chi connectivity index (χ4n) is 12.5. The molecule has 0 aliphatic carbocycles. The Balaban J connectivity index is 3.36. The standard InChI is InChI=1S/C79H153NO5/c1-3-5-7-9-11-13-15-17-19-21-37-40-43-47-51-55-59-63-67-71-77(82)76(75-81)80-78(83)72-68-64-60-56-52-48-44-41-38-35-33-31-29-27-25-23-22-24-26-28-30-32-34-36-39-42-46-50-54-58-62-66-70-74-85-79(84)73-69-65-61-57-53-49-45-20-18-16-14-12-10-8-6-4-2/h26,28,67,71,76-77,81-82H,3-25,27,29-66,68-70,72-75H2,1-2H3,(H,80,83)/b28-26-,71-67+. The number of nitrogens with one attached hydrogen (secondary N) is 1. The first-order valence-electron chi connectivity index (χ1n) is 39.1. The molecule has 504 valence electrons. The van der Waals surface area contributed by atoms with Gasteiger partial charge in [0.05, 0.1) is 25.4 Å². The van der Waals surface area contributed by atoms with Crippen molar-refractivity contribution in [3.63, 3.8) is 0 Å². The molecule has 3 N–H and O–H groups in total. The van der Waals surface area contributed by atoms with Crippen LogP contribution < -0.4 is 5.32 Å². The lowest BCUT2D eigenvalue weighted by atomic mass is 10.0.